The largest absolute Gasteiger partial charge is 0.744 e. The summed E-state index contributed by atoms with van der Waals surface area (Å²) in [5.41, 5.74) is 0.389. The lowest BCUT2D eigenvalue weighted by atomic mass is 10.2. The third kappa shape index (κ3) is 2.51. The van der Waals surface area contributed by atoms with Crippen LogP contribution >= 0.6 is 0 Å². The zero-order valence-electron chi connectivity index (χ0n) is 7.06. The lowest BCUT2D eigenvalue weighted by molar-refractivity contribution is 0.182. The molecule has 0 heterocycles. The summed E-state index contributed by atoms with van der Waals surface area (Å²) in [6.45, 7) is 0.123. The van der Waals surface area contributed by atoms with Crippen LogP contribution in [-0.2, 0) is 21.5 Å². The molecule has 0 N–H and O–H groups in total. The van der Waals surface area contributed by atoms with Crippen LogP contribution in [0.3, 0.4) is 0 Å². The molecule has 0 aromatic heterocycles. The quantitative estimate of drug-likeness (QED) is 0.676. The van der Waals surface area contributed by atoms with Crippen molar-refractivity contribution in [3.63, 3.8) is 0 Å². The molecular formula is C8H9O4S-. The standard InChI is InChI=1S/C8H10O4S/c1-12-6-7-4-2-3-5-8(7)13(9,10)11/h2-5H,6H2,1H3,(H,9,10,11)/p-1. The van der Waals surface area contributed by atoms with Crippen molar-refractivity contribution >= 4 is 10.1 Å². The van der Waals surface area contributed by atoms with E-state index in [4.69, 9.17) is 4.74 Å². The average molecular weight is 201 g/mol. The van der Waals surface area contributed by atoms with Gasteiger partial charge in [-0.3, -0.25) is 0 Å². The van der Waals surface area contributed by atoms with Gasteiger partial charge in [-0.2, -0.15) is 0 Å². The summed E-state index contributed by atoms with van der Waals surface area (Å²) in [7, 11) is -2.95. The Balaban J connectivity index is 3.20. The van der Waals surface area contributed by atoms with Gasteiger partial charge in [0.05, 0.1) is 11.5 Å². The average Bonchev–Trinajstić information content (AvgIpc) is 2.04. The van der Waals surface area contributed by atoms with Gasteiger partial charge in [0.15, 0.2) is 0 Å². The maximum Gasteiger partial charge on any atom is 0.124 e. The molecule has 0 radical (unpaired) electrons. The number of benzene rings is 1. The molecule has 0 aliphatic heterocycles. The minimum Gasteiger partial charge on any atom is -0.744 e. The molecule has 13 heavy (non-hydrogen) atoms. The number of methoxy groups -OCH3 is 1. The highest BCUT2D eigenvalue weighted by atomic mass is 32.2. The van der Waals surface area contributed by atoms with E-state index in [1.807, 2.05) is 0 Å². The number of hydrogen-bond donors (Lipinski definition) is 0. The van der Waals surface area contributed by atoms with Gasteiger partial charge in [0.2, 0.25) is 0 Å². The highest BCUT2D eigenvalue weighted by Gasteiger charge is 2.06. The highest BCUT2D eigenvalue weighted by Crippen LogP contribution is 2.15. The first kappa shape index (κ1) is 10.2. The van der Waals surface area contributed by atoms with Crippen LogP contribution in [0, 0.1) is 0 Å². The first-order valence-electron chi connectivity index (χ1n) is 3.58. The molecule has 0 saturated heterocycles. The molecule has 1 rings (SSSR count). The molecular weight excluding hydrogens is 192 g/mol. The Hall–Kier alpha value is -0.910. The minimum absolute atomic E-state index is 0.123. The molecule has 0 amide bonds. The van der Waals surface area contributed by atoms with E-state index in [1.54, 1.807) is 12.1 Å². The smallest absolute Gasteiger partial charge is 0.124 e. The molecule has 1 aromatic carbocycles. The molecule has 0 atom stereocenters. The summed E-state index contributed by atoms with van der Waals surface area (Å²) >= 11 is 0. The summed E-state index contributed by atoms with van der Waals surface area (Å²) in [5.74, 6) is 0. The van der Waals surface area contributed by atoms with Crippen LogP contribution in [0.1, 0.15) is 5.56 Å². The van der Waals surface area contributed by atoms with Gasteiger partial charge in [0.25, 0.3) is 0 Å². The molecule has 0 aliphatic carbocycles. The monoisotopic (exact) mass is 201 g/mol. The van der Waals surface area contributed by atoms with Gasteiger partial charge in [-0.1, -0.05) is 18.2 Å². The molecule has 0 unspecified atom stereocenters. The Morgan fingerprint density at radius 3 is 2.54 bits per heavy atom. The summed E-state index contributed by atoms with van der Waals surface area (Å²) in [6.07, 6.45) is 0. The third-order valence-electron chi connectivity index (χ3n) is 1.54. The van der Waals surface area contributed by atoms with Crippen LogP contribution < -0.4 is 0 Å². The van der Waals surface area contributed by atoms with Crippen molar-refractivity contribution in [1.29, 1.82) is 0 Å². The van der Waals surface area contributed by atoms with Crippen LogP contribution in [0.2, 0.25) is 0 Å². The van der Waals surface area contributed by atoms with Crippen molar-refractivity contribution in [2.75, 3.05) is 7.11 Å². The molecule has 72 valence electrons. The van der Waals surface area contributed by atoms with Crippen molar-refractivity contribution in [2.45, 2.75) is 11.5 Å². The van der Waals surface area contributed by atoms with Gasteiger partial charge in [-0.15, -0.1) is 0 Å². The predicted molar refractivity (Wildman–Crippen MR) is 45.1 cm³/mol. The second-order valence-corrected chi connectivity index (χ2v) is 3.84. The summed E-state index contributed by atoms with van der Waals surface area (Å²) in [5, 5.41) is 0. The molecule has 0 bridgehead atoms. The van der Waals surface area contributed by atoms with Crippen LogP contribution in [0.25, 0.3) is 0 Å². The van der Waals surface area contributed by atoms with E-state index in [1.165, 1.54) is 19.2 Å². The maximum atomic E-state index is 10.7. The SMILES string of the molecule is COCc1ccccc1S(=O)(=O)[O-]. The second kappa shape index (κ2) is 3.87. The Labute approximate surface area is 76.9 Å². The van der Waals surface area contributed by atoms with E-state index in [0.717, 1.165) is 0 Å². The molecule has 0 saturated carbocycles. The molecule has 4 nitrogen and oxygen atoms in total. The molecule has 1 aromatic rings. The first-order chi connectivity index (χ1) is 6.05. The zero-order chi connectivity index (χ0) is 9.90. The van der Waals surface area contributed by atoms with E-state index >= 15 is 0 Å². The highest BCUT2D eigenvalue weighted by molar-refractivity contribution is 7.85. The maximum absolute atomic E-state index is 10.7. The number of ether oxygens (including phenoxy) is 1. The van der Waals surface area contributed by atoms with Crippen LogP contribution in [-0.4, -0.2) is 20.1 Å². The summed E-state index contributed by atoms with van der Waals surface area (Å²) in [6, 6.07) is 5.98. The van der Waals surface area contributed by atoms with Crippen molar-refractivity contribution in [1.82, 2.24) is 0 Å². The topological polar surface area (TPSA) is 66.4 Å². The molecule has 5 heteroatoms. The lowest BCUT2D eigenvalue weighted by Crippen LogP contribution is -2.03. The Bertz CT molecular complexity index is 383. The van der Waals surface area contributed by atoms with E-state index in [2.05, 4.69) is 0 Å². The van der Waals surface area contributed by atoms with Crippen molar-refractivity contribution in [3.8, 4) is 0 Å². The van der Waals surface area contributed by atoms with E-state index in [-0.39, 0.29) is 11.5 Å². The van der Waals surface area contributed by atoms with Gasteiger partial charge in [0, 0.05) is 7.11 Å². The minimum atomic E-state index is -4.39. The second-order valence-electron chi connectivity index (χ2n) is 2.49. The normalized spacial score (nSPS) is 11.5. The van der Waals surface area contributed by atoms with Gasteiger partial charge in [-0.05, 0) is 11.6 Å². The van der Waals surface area contributed by atoms with Crippen LogP contribution in [0.15, 0.2) is 29.2 Å². The fourth-order valence-corrected chi connectivity index (χ4v) is 1.72. The van der Waals surface area contributed by atoms with Crippen LogP contribution in [0.4, 0.5) is 0 Å². The predicted octanol–water partition coefficient (Wildman–Crippen LogP) is 0.737. The third-order valence-corrected chi connectivity index (χ3v) is 2.48. The van der Waals surface area contributed by atoms with Crippen molar-refractivity contribution in [3.05, 3.63) is 29.8 Å². The van der Waals surface area contributed by atoms with Crippen molar-refractivity contribution < 1.29 is 17.7 Å². The van der Waals surface area contributed by atoms with E-state index in [9.17, 15) is 13.0 Å². The molecule has 0 aliphatic rings. The van der Waals surface area contributed by atoms with Gasteiger partial charge < -0.3 is 9.29 Å². The molecule has 0 spiro atoms. The fourth-order valence-electron chi connectivity index (χ4n) is 1.02. The summed E-state index contributed by atoms with van der Waals surface area (Å²) in [4.78, 5) is -0.211. The number of rotatable bonds is 3. The van der Waals surface area contributed by atoms with E-state index in [0.29, 0.717) is 5.56 Å². The van der Waals surface area contributed by atoms with Gasteiger partial charge in [0.1, 0.15) is 10.1 Å². The number of hydrogen-bond acceptors (Lipinski definition) is 4. The summed E-state index contributed by atoms with van der Waals surface area (Å²) < 4.78 is 36.9. The van der Waals surface area contributed by atoms with Crippen LogP contribution in [0.5, 0.6) is 0 Å². The first-order valence-corrected chi connectivity index (χ1v) is 4.99. The Morgan fingerprint density at radius 1 is 1.38 bits per heavy atom. The van der Waals surface area contributed by atoms with Gasteiger partial charge >= 0.3 is 0 Å². The van der Waals surface area contributed by atoms with Gasteiger partial charge in [-0.25, -0.2) is 8.42 Å². The van der Waals surface area contributed by atoms with Crippen molar-refractivity contribution in [2.24, 2.45) is 0 Å². The zero-order valence-corrected chi connectivity index (χ0v) is 7.87. The Kier molecular flexibility index (Phi) is 3.02. The Morgan fingerprint density at radius 2 is 2.00 bits per heavy atom. The molecule has 0 fully saturated rings. The van der Waals surface area contributed by atoms with E-state index < -0.39 is 10.1 Å². The fraction of sp³-hybridized carbons (Fsp3) is 0.250. The lowest BCUT2D eigenvalue weighted by Gasteiger charge is -2.11.